The molecule has 15 heavy (non-hydrogen) atoms. The van der Waals surface area contributed by atoms with E-state index in [1.165, 1.54) is 0 Å². The lowest BCUT2D eigenvalue weighted by Crippen LogP contribution is -2.42. The Morgan fingerprint density at radius 2 is 2.67 bits per heavy atom. The maximum Gasteiger partial charge on any atom is 0.237 e. The Morgan fingerprint density at radius 1 is 1.80 bits per heavy atom. The molecule has 5 heteroatoms. The molecule has 1 aromatic rings. The van der Waals surface area contributed by atoms with Crippen molar-refractivity contribution in [3.8, 4) is 0 Å². The van der Waals surface area contributed by atoms with Gasteiger partial charge in [0.25, 0.3) is 0 Å². The number of aromatic nitrogens is 1. The van der Waals surface area contributed by atoms with Crippen LogP contribution in [-0.4, -0.2) is 23.5 Å². The standard InChI is InChI=1S/C10H15N3OS/c1-7-2-3-12-9(7)10(14)13-5-8-4-11-6-15-8/h4,6-7,9,12H,2-3,5H2,1H3,(H,13,14). The Bertz CT molecular complexity index is 325. The van der Waals surface area contributed by atoms with E-state index in [4.69, 9.17) is 0 Å². The molecule has 4 nitrogen and oxygen atoms in total. The molecule has 0 bridgehead atoms. The van der Waals surface area contributed by atoms with E-state index in [9.17, 15) is 4.79 Å². The highest BCUT2D eigenvalue weighted by atomic mass is 32.1. The molecule has 2 heterocycles. The van der Waals surface area contributed by atoms with Gasteiger partial charge in [0.05, 0.1) is 18.1 Å². The average Bonchev–Trinajstić information content (AvgIpc) is 2.84. The van der Waals surface area contributed by atoms with Gasteiger partial charge in [-0.2, -0.15) is 0 Å². The van der Waals surface area contributed by atoms with Crippen LogP contribution >= 0.6 is 11.3 Å². The zero-order valence-electron chi connectivity index (χ0n) is 8.69. The molecule has 1 fully saturated rings. The number of carbonyl (C=O) groups excluding carboxylic acids is 1. The average molecular weight is 225 g/mol. The van der Waals surface area contributed by atoms with Crippen molar-refractivity contribution in [2.45, 2.75) is 25.9 Å². The first-order chi connectivity index (χ1) is 7.27. The quantitative estimate of drug-likeness (QED) is 0.798. The fourth-order valence-electron chi connectivity index (χ4n) is 1.80. The molecule has 0 aromatic carbocycles. The van der Waals surface area contributed by atoms with Gasteiger partial charge in [-0.15, -0.1) is 11.3 Å². The van der Waals surface area contributed by atoms with E-state index in [2.05, 4.69) is 22.5 Å². The minimum absolute atomic E-state index is 0.0158. The molecule has 1 aliphatic rings. The third-order valence-electron chi connectivity index (χ3n) is 2.74. The number of thiazole rings is 1. The summed E-state index contributed by atoms with van der Waals surface area (Å²) in [7, 11) is 0. The van der Waals surface area contributed by atoms with E-state index in [1.54, 1.807) is 23.0 Å². The summed E-state index contributed by atoms with van der Waals surface area (Å²) in [6.07, 6.45) is 2.87. The molecular formula is C10H15N3OS. The van der Waals surface area contributed by atoms with E-state index in [0.29, 0.717) is 12.5 Å². The first-order valence-electron chi connectivity index (χ1n) is 5.16. The van der Waals surface area contributed by atoms with Crippen molar-refractivity contribution in [2.75, 3.05) is 6.54 Å². The van der Waals surface area contributed by atoms with Gasteiger partial charge in [0.1, 0.15) is 0 Å². The fourth-order valence-corrected chi connectivity index (χ4v) is 2.33. The number of hydrogen-bond acceptors (Lipinski definition) is 4. The summed E-state index contributed by atoms with van der Waals surface area (Å²) < 4.78 is 0. The highest BCUT2D eigenvalue weighted by molar-refractivity contribution is 7.09. The van der Waals surface area contributed by atoms with Crippen LogP contribution in [0, 0.1) is 5.92 Å². The van der Waals surface area contributed by atoms with Crippen LogP contribution in [0.2, 0.25) is 0 Å². The monoisotopic (exact) mass is 225 g/mol. The molecule has 1 aromatic heterocycles. The maximum atomic E-state index is 11.8. The van der Waals surface area contributed by atoms with Crippen molar-refractivity contribution >= 4 is 17.2 Å². The topological polar surface area (TPSA) is 54.0 Å². The van der Waals surface area contributed by atoms with Crippen LogP contribution in [0.3, 0.4) is 0 Å². The third-order valence-corrected chi connectivity index (χ3v) is 3.52. The van der Waals surface area contributed by atoms with Gasteiger partial charge in [-0.05, 0) is 18.9 Å². The highest BCUT2D eigenvalue weighted by Crippen LogP contribution is 2.14. The number of nitrogens with one attached hydrogen (secondary N) is 2. The second kappa shape index (κ2) is 4.72. The molecule has 1 aliphatic heterocycles. The number of amides is 1. The Labute approximate surface area is 93.1 Å². The highest BCUT2D eigenvalue weighted by Gasteiger charge is 2.28. The first-order valence-corrected chi connectivity index (χ1v) is 6.04. The van der Waals surface area contributed by atoms with Crippen LogP contribution in [0.25, 0.3) is 0 Å². The van der Waals surface area contributed by atoms with Crippen LogP contribution in [0.1, 0.15) is 18.2 Å². The van der Waals surface area contributed by atoms with E-state index >= 15 is 0 Å². The second-order valence-electron chi connectivity index (χ2n) is 3.88. The predicted molar refractivity (Wildman–Crippen MR) is 59.5 cm³/mol. The fraction of sp³-hybridized carbons (Fsp3) is 0.600. The normalized spacial score (nSPS) is 25.4. The molecule has 0 spiro atoms. The Kier molecular flexibility index (Phi) is 3.33. The molecule has 0 saturated carbocycles. The van der Waals surface area contributed by atoms with Crippen molar-refractivity contribution in [2.24, 2.45) is 5.92 Å². The van der Waals surface area contributed by atoms with E-state index in [1.807, 2.05) is 0 Å². The van der Waals surface area contributed by atoms with Gasteiger partial charge in [-0.1, -0.05) is 6.92 Å². The summed E-state index contributed by atoms with van der Waals surface area (Å²) in [5, 5.41) is 6.14. The summed E-state index contributed by atoms with van der Waals surface area (Å²) in [4.78, 5) is 16.8. The summed E-state index contributed by atoms with van der Waals surface area (Å²) in [6, 6.07) is -0.0158. The predicted octanol–water partition coefficient (Wildman–Crippen LogP) is 0.757. The zero-order valence-corrected chi connectivity index (χ0v) is 9.51. The molecule has 82 valence electrons. The van der Waals surface area contributed by atoms with Crippen molar-refractivity contribution in [3.63, 3.8) is 0 Å². The van der Waals surface area contributed by atoms with Crippen LogP contribution in [-0.2, 0) is 11.3 Å². The minimum atomic E-state index is -0.0158. The molecule has 2 unspecified atom stereocenters. The van der Waals surface area contributed by atoms with Gasteiger partial charge >= 0.3 is 0 Å². The van der Waals surface area contributed by atoms with Crippen molar-refractivity contribution < 1.29 is 4.79 Å². The van der Waals surface area contributed by atoms with Crippen LogP contribution in [0.15, 0.2) is 11.7 Å². The first kappa shape index (κ1) is 10.6. The molecule has 2 N–H and O–H groups in total. The number of nitrogens with zero attached hydrogens (tertiary/aromatic N) is 1. The Morgan fingerprint density at radius 3 is 3.27 bits per heavy atom. The van der Waals surface area contributed by atoms with Crippen LogP contribution in [0.5, 0.6) is 0 Å². The van der Waals surface area contributed by atoms with E-state index in [0.717, 1.165) is 17.8 Å². The number of rotatable bonds is 3. The lowest BCUT2D eigenvalue weighted by Gasteiger charge is -2.14. The SMILES string of the molecule is CC1CCNC1C(=O)NCc1cncs1. The Balaban J connectivity index is 1.82. The van der Waals surface area contributed by atoms with E-state index in [-0.39, 0.29) is 11.9 Å². The summed E-state index contributed by atoms with van der Waals surface area (Å²) in [6.45, 7) is 3.64. The largest absolute Gasteiger partial charge is 0.350 e. The van der Waals surface area contributed by atoms with Crippen LogP contribution < -0.4 is 10.6 Å². The lowest BCUT2D eigenvalue weighted by atomic mass is 10.0. The van der Waals surface area contributed by atoms with Gasteiger partial charge in [0.2, 0.25) is 5.91 Å². The molecule has 2 rings (SSSR count). The lowest BCUT2D eigenvalue weighted by molar-refractivity contribution is -0.123. The molecule has 1 amide bonds. The van der Waals surface area contributed by atoms with E-state index < -0.39 is 0 Å². The maximum absolute atomic E-state index is 11.8. The van der Waals surface area contributed by atoms with Gasteiger partial charge in [0.15, 0.2) is 0 Å². The molecule has 2 atom stereocenters. The van der Waals surface area contributed by atoms with Gasteiger partial charge in [0, 0.05) is 11.1 Å². The van der Waals surface area contributed by atoms with Crippen molar-refractivity contribution in [1.29, 1.82) is 0 Å². The van der Waals surface area contributed by atoms with Crippen LogP contribution in [0.4, 0.5) is 0 Å². The van der Waals surface area contributed by atoms with Gasteiger partial charge in [-0.25, -0.2) is 0 Å². The molecule has 1 saturated heterocycles. The summed E-state index contributed by atoms with van der Waals surface area (Å²) >= 11 is 1.56. The van der Waals surface area contributed by atoms with Crippen molar-refractivity contribution in [1.82, 2.24) is 15.6 Å². The second-order valence-corrected chi connectivity index (χ2v) is 4.85. The molecule has 0 radical (unpaired) electrons. The number of carbonyl (C=O) groups is 1. The zero-order chi connectivity index (χ0) is 10.7. The summed E-state index contributed by atoms with van der Waals surface area (Å²) in [5.41, 5.74) is 1.78. The van der Waals surface area contributed by atoms with Gasteiger partial charge in [-0.3, -0.25) is 9.78 Å². The number of hydrogen-bond donors (Lipinski definition) is 2. The minimum Gasteiger partial charge on any atom is -0.350 e. The molecular weight excluding hydrogens is 210 g/mol. The van der Waals surface area contributed by atoms with Gasteiger partial charge < -0.3 is 10.6 Å². The Hall–Kier alpha value is -0.940. The smallest absolute Gasteiger partial charge is 0.237 e. The molecule has 0 aliphatic carbocycles. The van der Waals surface area contributed by atoms with Crippen molar-refractivity contribution in [3.05, 3.63) is 16.6 Å². The summed E-state index contributed by atoms with van der Waals surface area (Å²) in [5.74, 6) is 0.542. The third kappa shape index (κ3) is 2.54.